The van der Waals surface area contributed by atoms with Gasteiger partial charge in [0.2, 0.25) is 0 Å². The molecule has 130 valence electrons. The standard InChI is InChI=1S/C21H18ClN3O/c22-18-5-7-19(8-6-18)24-20-13-16(9-11-23-20)21(26)25-12-10-15-3-1-2-4-17(15)14-25/h1-9,11,13H,10,12,14H2,(H,23,24). The van der Waals surface area contributed by atoms with Crippen molar-refractivity contribution in [2.45, 2.75) is 13.0 Å². The third-order valence-electron chi connectivity index (χ3n) is 4.54. The second kappa shape index (κ2) is 7.18. The van der Waals surface area contributed by atoms with E-state index in [1.165, 1.54) is 11.1 Å². The van der Waals surface area contributed by atoms with Gasteiger partial charge in [0.05, 0.1) is 0 Å². The number of pyridine rings is 1. The normalized spacial score (nSPS) is 13.2. The Morgan fingerprint density at radius 1 is 1.04 bits per heavy atom. The Morgan fingerprint density at radius 3 is 2.62 bits per heavy atom. The minimum Gasteiger partial charge on any atom is -0.340 e. The summed E-state index contributed by atoms with van der Waals surface area (Å²) in [5, 5.41) is 3.88. The van der Waals surface area contributed by atoms with Gasteiger partial charge < -0.3 is 10.2 Å². The molecule has 0 unspecified atom stereocenters. The number of nitrogens with zero attached hydrogens (tertiary/aromatic N) is 2. The van der Waals surface area contributed by atoms with Gasteiger partial charge in [0.25, 0.3) is 5.91 Å². The number of carbonyl (C=O) groups is 1. The fourth-order valence-electron chi connectivity index (χ4n) is 3.16. The van der Waals surface area contributed by atoms with Crippen molar-refractivity contribution in [1.29, 1.82) is 0 Å². The number of rotatable bonds is 3. The van der Waals surface area contributed by atoms with Gasteiger partial charge in [-0.1, -0.05) is 35.9 Å². The first-order chi connectivity index (χ1) is 12.7. The van der Waals surface area contributed by atoms with Crippen LogP contribution in [0.5, 0.6) is 0 Å². The average Bonchev–Trinajstić information content (AvgIpc) is 2.69. The van der Waals surface area contributed by atoms with Crippen molar-refractivity contribution >= 4 is 29.0 Å². The van der Waals surface area contributed by atoms with E-state index in [0.717, 1.165) is 18.7 Å². The number of amides is 1. The Balaban J connectivity index is 1.51. The van der Waals surface area contributed by atoms with Crippen molar-refractivity contribution in [2.24, 2.45) is 0 Å². The Labute approximate surface area is 157 Å². The first-order valence-electron chi connectivity index (χ1n) is 8.54. The minimum absolute atomic E-state index is 0.0288. The van der Waals surface area contributed by atoms with Crippen LogP contribution in [0.2, 0.25) is 5.02 Å². The van der Waals surface area contributed by atoms with Crippen molar-refractivity contribution in [1.82, 2.24) is 9.88 Å². The molecule has 5 heteroatoms. The molecule has 26 heavy (non-hydrogen) atoms. The molecule has 0 saturated heterocycles. The van der Waals surface area contributed by atoms with Crippen LogP contribution in [0.1, 0.15) is 21.5 Å². The lowest BCUT2D eigenvalue weighted by Gasteiger charge is -2.29. The first-order valence-corrected chi connectivity index (χ1v) is 8.91. The van der Waals surface area contributed by atoms with Crippen LogP contribution in [0.3, 0.4) is 0 Å². The number of nitrogens with one attached hydrogen (secondary N) is 1. The second-order valence-corrected chi connectivity index (χ2v) is 6.74. The summed E-state index contributed by atoms with van der Waals surface area (Å²) < 4.78 is 0. The topological polar surface area (TPSA) is 45.2 Å². The zero-order chi connectivity index (χ0) is 17.9. The number of hydrogen-bond acceptors (Lipinski definition) is 3. The molecular weight excluding hydrogens is 346 g/mol. The van der Waals surface area contributed by atoms with Crippen molar-refractivity contribution < 1.29 is 4.79 Å². The van der Waals surface area contributed by atoms with Gasteiger partial charge in [-0.3, -0.25) is 4.79 Å². The van der Waals surface area contributed by atoms with E-state index in [2.05, 4.69) is 22.4 Å². The molecule has 3 aromatic rings. The highest BCUT2D eigenvalue weighted by Gasteiger charge is 2.21. The lowest BCUT2D eigenvalue weighted by molar-refractivity contribution is 0.0734. The molecule has 2 heterocycles. The van der Waals surface area contributed by atoms with E-state index in [-0.39, 0.29) is 5.91 Å². The molecule has 1 aliphatic heterocycles. The van der Waals surface area contributed by atoms with Crippen LogP contribution in [0.15, 0.2) is 66.9 Å². The zero-order valence-corrected chi connectivity index (χ0v) is 14.9. The number of hydrogen-bond donors (Lipinski definition) is 1. The highest BCUT2D eigenvalue weighted by atomic mass is 35.5. The van der Waals surface area contributed by atoms with Crippen molar-refractivity contribution in [3.8, 4) is 0 Å². The maximum absolute atomic E-state index is 12.9. The molecule has 1 aromatic heterocycles. The van der Waals surface area contributed by atoms with Crippen LogP contribution in [0.4, 0.5) is 11.5 Å². The fourth-order valence-corrected chi connectivity index (χ4v) is 3.29. The van der Waals surface area contributed by atoms with Gasteiger partial charge in [-0.2, -0.15) is 0 Å². The molecular formula is C21H18ClN3O. The third kappa shape index (κ3) is 3.55. The molecule has 0 atom stereocenters. The quantitative estimate of drug-likeness (QED) is 0.735. The predicted octanol–water partition coefficient (Wildman–Crippen LogP) is 4.68. The summed E-state index contributed by atoms with van der Waals surface area (Å²) in [6.07, 6.45) is 2.55. The van der Waals surface area contributed by atoms with E-state index in [1.54, 1.807) is 18.3 Å². The number of fused-ring (bicyclic) bond motifs is 1. The summed E-state index contributed by atoms with van der Waals surface area (Å²) in [5.74, 6) is 0.664. The van der Waals surface area contributed by atoms with Gasteiger partial charge in [-0.15, -0.1) is 0 Å². The molecule has 4 nitrogen and oxygen atoms in total. The average molecular weight is 364 g/mol. The zero-order valence-electron chi connectivity index (χ0n) is 14.2. The summed E-state index contributed by atoms with van der Waals surface area (Å²) in [4.78, 5) is 19.1. The van der Waals surface area contributed by atoms with Crippen molar-refractivity contribution in [2.75, 3.05) is 11.9 Å². The van der Waals surface area contributed by atoms with E-state index in [9.17, 15) is 4.79 Å². The fraction of sp³-hybridized carbons (Fsp3) is 0.143. The van der Waals surface area contributed by atoms with Gasteiger partial charge >= 0.3 is 0 Å². The SMILES string of the molecule is O=C(c1ccnc(Nc2ccc(Cl)cc2)c1)N1CCc2ccccc2C1. The largest absolute Gasteiger partial charge is 0.340 e. The van der Waals surface area contributed by atoms with Gasteiger partial charge in [0, 0.05) is 35.6 Å². The van der Waals surface area contributed by atoms with E-state index in [0.29, 0.717) is 22.9 Å². The Kier molecular flexibility index (Phi) is 4.59. The van der Waals surface area contributed by atoms with Gasteiger partial charge in [0.15, 0.2) is 0 Å². The summed E-state index contributed by atoms with van der Waals surface area (Å²) in [5.41, 5.74) is 4.06. The summed E-state index contributed by atoms with van der Waals surface area (Å²) in [7, 11) is 0. The molecule has 1 aliphatic rings. The summed E-state index contributed by atoms with van der Waals surface area (Å²) in [6.45, 7) is 1.38. The van der Waals surface area contributed by atoms with Gasteiger partial charge in [-0.25, -0.2) is 4.98 Å². The van der Waals surface area contributed by atoms with Crippen molar-refractivity contribution in [3.63, 3.8) is 0 Å². The molecule has 0 fully saturated rings. The van der Waals surface area contributed by atoms with Gasteiger partial charge in [-0.05, 0) is 53.9 Å². The predicted molar refractivity (Wildman–Crippen MR) is 104 cm³/mol. The lowest BCUT2D eigenvalue weighted by atomic mass is 9.99. The van der Waals surface area contributed by atoms with Gasteiger partial charge in [0.1, 0.15) is 5.82 Å². The maximum Gasteiger partial charge on any atom is 0.254 e. The van der Waals surface area contributed by atoms with Crippen LogP contribution in [-0.4, -0.2) is 22.3 Å². The summed E-state index contributed by atoms with van der Waals surface area (Å²) in [6, 6.07) is 19.2. The smallest absolute Gasteiger partial charge is 0.254 e. The molecule has 0 radical (unpaired) electrons. The van der Waals surface area contributed by atoms with Crippen LogP contribution < -0.4 is 5.32 Å². The molecule has 0 bridgehead atoms. The van der Waals surface area contributed by atoms with E-state index in [1.807, 2.05) is 41.3 Å². The minimum atomic E-state index is 0.0288. The number of benzene rings is 2. The highest BCUT2D eigenvalue weighted by molar-refractivity contribution is 6.30. The number of anilines is 2. The van der Waals surface area contributed by atoms with E-state index < -0.39 is 0 Å². The third-order valence-corrected chi connectivity index (χ3v) is 4.79. The Bertz CT molecular complexity index is 940. The molecule has 1 amide bonds. The highest BCUT2D eigenvalue weighted by Crippen LogP contribution is 2.22. The number of aromatic nitrogens is 1. The second-order valence-electron chi connectivity index (χ2n) is 6.31. The molecule has 4 rings (SSSR count). The molecule has 2 aromatic carbocycles. The van der Waals surface area contributed by atoms with Crippen molar-refractivity contribution in [3.05, 3.63) is 88.6 Å². The Morgan fingerprint density at radius 2 is 1.81 bits per heavy atom. The maximum atomic E-state index is 12.9. The van der Waals surface area contributed by atoms with Crippen LogP contribution in [0, 0.1) is 0 Å². The molecule has 0 saturated carbocycles. The first kappa shape index (κ1) is 16.6. The van der Waals surface area contributed by atoms with E-state index >= 15 is 0 Å². The lowest BCUT2D eigenvalue weighted by Crippen LogP contribution is -2.35. The number of carbonyl (C=O) groups excluding carboxylic acids is 1. The summed E-state index contributed by atoms with van der Waals surface area (Å²) >= 11 is 5.91. The molecule has 1 N–H and O–H groups in total. The molecule has 0 aliphatic carbocycles. The van der Waals surface area contributed by atoms with E-state index in [4.69, 9.17) is 11.6 Å². The molecule has 0 spiro atoms. The number of halogens is 1. The monoisotopic (exact) mass is 363 g/mol. The van der Waals surface area contributed by atoms with Crippen LogP contribution in [0.25, 0.3) is 0 Å². The van der Waals surface area contributed by atoms with Crippen LogP contribution >= 0.6 is 11.6 Å². The Hall–Kier alpha value is -2.85. The van der Waals surface area contributed by atoms with Crippen LogP contribution in [-0.2, 0) is 13.0 Å².